The number of fused-ring (bicyclic) bond motifs is 1. The molecule has 4 aromatic rings. The molecule has 0 aliphatic carbocycles. The van der Waals surface area contributed by atoms with Crippen molar-refractivity contribution in [3.63, 3.8) is 0 Å². The van der Waals surface area contributed by atoms with Crippen LogP contribution in [0.4, 0.5) is 0 Å². The number of hydrogen-bond donors (Lipinski definition) is 1. The normalized spacial score (nSPS) is 11.4. The van der Waals surface area contributed by atoms with E-state index in [0.717, 1.165) is 40.7 Å². The van der Waals surface area contributed by atoms with Crippen LogP contribution in [0.25, 0.3) is 27.8 Å². The maximum absolute atomic E-state index is 11.6. The third kappa shape index (κ3) is 4.05. The van der Waals surface area contributed by atoms with Crippen molar-refractivity contribution in [1.82, 2.24) is 9.55 Å². The van der Waals surface area contributed by atoms with E-state index < -0.39 is 5.97 Å². The molecule has 4 heteroatoms. The van der Waals surface area contributed by atoms with E-state index in [1.807, 2.05) is 12.4 Å². The number of nitrogens with zero attached hydrogens (tertiary/aromatic N) is 2. The number of aliphatic carboxylic acids is 1. The minimum Gasteiger partial charge on any atom is -0.481 e. The van der Waals surface area contributed by atoms with Gasteiger partial charge < -0.3 is 9.67 Å². The van der Waals surface area contributed by atoms with E-state index in [1.54, 1.807) is 0 Å². The Morgan fingerprint density at radius 3 is 2.22 bits per heavy atom. The first kappa shape index (κ1) is 21.8. The maximum atomic E-state index is 11.6. The van der Waals surface area contributed by atoms with Crippen LogP contribution in [0.2, 0.25) is 0 Å². The van der Waals surface area contributed by atoms with Gasteiger partial charge >= 0.3 is 5.97 Å². The van der Waals surface area contributed by atoms with Gasteiger partial charge in [-0.15, -0.1) is 0 Å². The predicted molar refractivity (Wildman–Crippen MR) is 131 cm³/mol. The molecule has 4 nitrogen and oxygen atoms in total. The zero-order valence-electron chi connectivity index (χ0n) is 19.2. The van der Waals surface area contributed by atoms with Crippen molar-refractivity contribution in [1.29, 1.82) is 0 Å². The molecule has 0 aliphatic heterocycles. The first-order chi connectivity index (χ1) is 15.4. The molecule has 0 saturated carbocycles. The van der Waals surface area contributed by atoms with E-state index in [0.29, 0.717) is 5.92 Å². The molecule has 1 N–H and O–H groups in total. The third-order valence-corrected chi connectivity index (χ3v) is 6.21. The molecular weight excluding hydrogens is 396 g/mol. The van der Waals surface area contributed by atoms with Gasteiger partial charge in [-0.3, -0.25) is 9.78 Å². The van der Waals surface area contributed by atoms with Gasteiger partial charge in [0, 0.05) is 22.8 Å². The van der Waals surface area contributed by atoms with Gasteiger partial charge in [-0.2, -0.15) is 0 Å². The third-order valence-electron chi connectivity index (χ3n) is 6.21. The lowest BCUT2D eigenvalue weighted by atomic mass is 9.94. The Bertz CT molecular complexity index is 1240. The smallest absolute Gasteiger partial charge is 0.307 e. The minimum atomic E-state index is -0.833. The number of rotatable bonds is 7. The van der Waals surface area contributed by atoms with Gasteiger partial charge in [0.05, 0.1) is 23.8 Å². The molecule has 0 bridgehead atoms. The molecule has 0 unspecified atom stereocenters. The first-order valence-corrected chi connectivity index (χ1v) is 11.4. The van der Waals surface area contributed by atoms with Crippen LogP contribution < -0.4 is 0 Å². The lowest BCUT2D eigenvalue weighted by Gasteiger charge is -2.13. The van der Waals surface area contributed by atoms with E-state index in [2.05, 4.69) is 80.8 Å². The number of aromatic nitrogens is 2. The van der Waals surface area contributed by atoms with Crippen LogP contribution in [0.3, 0.4) is 0 Å². The van der Waals surface area contributed by atoms with Gasteiger partial charge in [0.1, 0.15) is 0 Å². The zero-order chi connectivity index (χ0) is 22.8. The summed E-state index contributed by atoms with van der Waals surface area (Å²) in [7, 11) is 0. The highest BCUT2D eigenvalue weighted by atomic mass is 16.4. The summed E-state index contributed by atoms with van der Waals surface area (Å²) in [5.41, 5.74) is 8.62. The molecule has 2 aromatic heterocycles. The quantitative estimate of drug-likeness (QED) is 0.364. The fourth-order valence-corrected chi connectivity index (χ4v) is 4.44. The summed E-state index contributed by atoms with van der Waals surface area (Å²) >= 11 is 0. The number of pyridine rings is 1. The van der Waals surface area contributed by atoms with Crippen molar-refractivity contribution in [2.75, 3.05) is 0 Å². The Kier molecular flexibility index (Phi) is 6.13. The highest BCUT2D eigenvalue weighted by Gasteiger charge is 2.17. The average Bonchev–Trinajstić information content (AvgIpc) is 3.15. The summed E-state index contributed by atoms with van der Waals surface area (Å²) < 4.78 is 2.06. The monoisotopic (exact) mass is 426 g/mol. The van der Waals surface area contributed by atoms with Crippen molar-refractivity contribution in [3.05, 3.63) is 83.2 Å². The number of carbonyl (C=O) groups is 1. The maximum Gasteiger partial charge on any atom is 0.307 e. The Morgan fingerprint density at radius 2 is 1.66 bits per heavy atom. The van der Waals surface area contributed by atoms with Crippen LogP contribution in [0.5, 0.6) is 0 Å². The van der Waals surface area contributed by atoms with Crippen LogP contribution in [-0.2, 0) is 24.1 Å². The van der Waals surface area contributed by atoms with E-state index in [-0.39, 0.29) is 6.42 Å². The van der Waals surface area contributed by atoms with E-state index in [9.17, 15) is 9.90 Å². The Balaban J connectivity index is 1.91. The lowest BCUT2D eigenvalue weighted by Crippen LogP contribution is -1.99. The van der Waals surface area contributed by atoms with Crippen molar-refractivity contribution >= 4 is 16.9 Å². The Hall–Kier alpha value is -3.40. The van der Waals surface area contributed by atoms with E-state index in [1.165, 1.54) is 22.3 Å². The van der Waals surface area contributed by atoms with Gasteiger partial charge in [-0.1, -0.05) is 58.0 Å². The van der Waals surface area contributed by atoms with Crippen molar-refractivity contribution in [2.45, 2.75) is 52.9 Å². The molecule has 164 valence electrons. The molecule has 4 rings (SSSR count). The van der Waals surface area contributed by atoms with Gasteiger partial charge in [0.15, 0.2) is 0 Å². The molecule has 2 aromatic carbocycles. The molecule has 0 aliphatic rings. The number of hydrogen-bond acceptors (Lipinski definition) is 2. The fraction of sp³-hybridized carbons (Fsp3) is 0.286. The first-order valence-electron chi connectivity index (χ1n) is 11.4. The average molecular weight is 427 g/mol. The second kappa shape index (κ2) is 8.99. The number of carboxylic acids is 1. The summed E-state index contributed by atoms with van der Waals surface area (Å²) in [6, 6.07) is 16.9. The number of benzene rings is 2. The lowest BCUT2D eigenvalue weighted by molar-refractivity contribution is -0.136. The van der Waals surface area contributed by atoms with Crippen LogP contribution in [0.15, 0.2) is 60.9 Å². The van der Waals surface area contributed by atoms with E-state index >= 15 is 0 Å². The highest BCUT2D eigenvalue weighted by Crippen LogP contribution is 2.33. The molecule has 0 fully saturated rings. The summed E-state index contributed by atoms with van der Waals surface area (Å²) in [5.74, 6) is -0.371. The van der Waals surface area contributed by atoms with E-state index in [4.69, 9.17) is 4.98 Å². The van der Waals surface area contributed by atoms with Crippen molar-refractivity contribution < 1.29 is 9.90 Å². The fourth-order valence-electron chi connectivity index (χ4n) is 4.44. The number of aryl methyl sites for hydroxylation is 2. The van der Waals surface area contributed by atoms with Crippen molar-refractivity contribution in [3.8, 4) is 16.9 Å². The highest BCUT2D eigenvalue weighted by molar-refractivity contribution is 5.91. The van der Waals surface area contributed by atoms with Gasteiger partial charge in [-0.05, 0) is 59.2 Å². The van der Waals surface area contributed by atoms with Crippen molar-refractivity contribution in [2.24, 2.45) is 0 Å². The zero-order valence-corrected chi connectivity index (χ0v) is 19.2. The summed E-state index contributed by atoms with van der Waals surface area (Å²) in [5, 5.41) is 10.5. The molecule has 0 saturated heterocycles. The number of carboxylic acid groups (broad SMARTS) is 1. The molecule has 32 heavy (non-hydrogen) atoms. The predicted octanol–water partition coefficient (Wildman–Crippen LogP) is 6.57. The molecular formula is C28H30N2O2. The Labute approximate surface area is 189 Å². The van der Waals surface area contributed by atoms with Crippen LogP contribution in [0, 0.1) is 0 Å². The van der Waals surface area contributed by atoms with Gasteiger partial charge in [0.2, 0.25) is 0 Å². The summed E-state index contributed by atoms with van der Waals surface area (Å²) in [6.07, 6.45) is 5.66. The molecule has 0 amide bonds. The molecule has 2 heterocycles. The van der Waals surface area contributed by atoms with Gasteiger partial charge in [0.25, 0.3) is 0 Å². The van der Waals surface area contributed by atoms with Crippen LogP contribution in [0.1, 0.15) is 55.9 Å². The molecule has 0 atom stereocenters. The SMILES string of the molecule is CCc1cccc(CC)c1-c1cc2c(CC(=O)O)cn(-c3ccc(C(C)C)cc3)c2cn1. The molecule has 0 spiro atoms. The Morgan fingerprint density at radius 1 is 1.00 bits per heavy atom. The summed E-state index contributed by atoms with van der Waals surface area (Å²) in [4.78, 5) is 16.5. The largest absolute Gasteiger partial charge is 0.481 e. The molecule has 0 radical (unpaired) electrons. The summed E-state index contributed by atoms with van der Waals surface area (Å²) in [6.45, 7) is 8.66. The van der Waals surface area contributed by atoms with Gasteiger partial charge in [-0.25, -0.2) is 0 Å². The second-order valence-electron chi connectivity index (χ2n) is 8.59. The second-order valence-corrected chi connectivity index (χ2v) is 8.59. The van der Waals surface area contributed by atoms with Crippen LogP contribution >= 0.6 is 0 Å². The standard InChI is InChI=1S/C28H30N2O2/c1-5-19-8-7-9-20(6-2)28(19)25-15-24-22(14-27(31)32)17-30(26(24)16-29-25)23-12-10-21(11-13-23)18(3)4/h7-13,15-18H,5-6,14H2,1-4H3,(H,31,32). The minimum absolute atomic E-state index is 0.0207. The topological polar surface area (TPSA) is 55.1 Å². The van der Waals surface area contributed by atoms with Crippen LogP contribution in [-0.4, -0.2) is 20.6 Å².